The number of Topliss-reactive ketones (excluding diaryl/α,β-unsaturated/α-hetero) is 1. The van der Waals surface area contributed by atoms with Crippen molar-refractivity contribution in [2.24, 2.45) is 51.3 Å². The summed E-state index contributed by atoms with van der Waals surface area (Å²) in [6.45, 7) is 11.2. The zero-order valence-corrected chi connectivity index (χ0v) is 19.6. The van der Waals surface area contributed by atoms with Gasteiger partial charge in [0, 0.05) is 24.3 Å². The summed E-state index contributed by atoms with van der Waals surface area (Å²) in [5, 5.41) is 16.1. The summed E-state index contributed by atoms with van der Waals surface area (Å²) in [5.41, 5.74) is 6.42. The molecule has 5 heteroatoms. The van der Waals surface area contributed by atoms with Crippen molar-refractivity contribution >= 4 is 11.5 Å². The maximum absolute atomic E-state index is 12.7. The van der Waals surface area contributed by atoms with Gasteiger partial charge in [-0.3, -0.25) is 4.79 Å². The minimum atomic E-state index is -0.467. The van der Waals surface area contributed by atoms with E-state index in [1.807, 2.05) is 13.8 Å². The normalized spacial score (nSPS) is 47.6. The second-order valence-corrected chi connectivity index (χ2v) is 11.8. The third-order valence-electron chi connectivity index (χ3n) is 9.81. The zero-order valence-electron chi connectivity index (χ0n) is 19.6. The SMILES string of the molecule is CC[C@H]1/C(=N/OC(C)(C)CN)CC[C@@]2(C)C1[C@@H](O)C[C@@H]1[C@@H]2CC[C@]2(C)C(=O)CC[C@@H]12. The molecule has 5 nitrogen and oxygen atoms in total. The molecule has 0 amide bonds. The number of carbonyl (C=O) groups excluding carboxylic acids is 1. The van der Waals surface area contributed by atoms with Gasteiger partial charge in [-0.05, 0) is 87.9 Å². The van der Waals surface area contributed by atoms with Crippen LogP contribution in [-0.4, -0.2) is 34.9 Å². The molecular weight excluding hydrogens is 376 g/mol. The van der Waals surface area contributed by atoms with Gasteiger partial charge in [0.2, 0.25) is 0 Å². The molecule has 3 N–H and O–H groups in total. The van der Waals surface area contributed by atoms with E-state index in [2.05, 4.69) is 25.9 Å². The van der Waals surface area contributed by atoms with Gasteiger partial charge in [0.1, 0.15) is 11.4 Å². The Hall–Kier alpha value is -0.940. The molecule has 0 bridgehead atoms. The topological polar surface area (TPSA) is 84.9 Å². The van der Waals surface area contributed by atoms with Gasteiger partial charge in [0.15, 0.2) is 0 Å². The first-order valence-electron chi connectivity index (χ1n) is 12.2. The first-order valence-corrected chi connectivity index (χ1v) is 12.2. The Morgan fingerprint density at radius 1 is 1.20 bits per heavy atom. The average molecular weight is 419 g/mol. The molecule has 4 fully saturated rings. The first kappa shape index (κ1) is 22.3. The predicted molar refractivity (Wildman–Crippen MR) is 119 cm³/mol. The summed E-state index contributed by atoms with van der Waals surface area (Å²) < 4.78 is 0. The molecule has 0 saturated heterocycles. The highest BCUT2D eigenvalue weighted by atomic mass is 16.6. The van der Waals surface area contributed by atoms with E-state index in [1.165, 1.54) is 0 Å². The Bertz CT molecular complexity index is 719. The van der Waals surface area contributed by atoms with Gasteiger partial charge in [0.25, 0.3) is 0 Å². The summed E-state index contributed by atoms with van der Waals surface area (Å²) in [6.07, 6.45) is 7.39. The van der Waals surface area contributed by atoms with Crippen molar-refractivity contribution in [3.8, 4) is 0 Å². The molecule has 0 aromatic heterocycles. The predicted octanol–water partition coefficient (Wildman–Crippen LogP) is 4.32. The number of aliphatic hydroxyl groups excluding tert-OH is 1. The second-order valence-electron chi connectivity index (χ2n) is 11.8. The lowest BCUT2D eigenvalue weighted by molar-refractivity contribution is -0.161. The molecule has 4 rings (SSSR count). The maximum Gasteiger partial charge on any atom is 0.144 e. The first-order chi connectivity index (χ1) is 14.1. The molecule has 0 aromatic carbocycles. The molecule has 4 aliphatic carbocycles. The van der Waals surface area contributed by atoms with Gasteiger partial charge in [-0.15, -0.1) is 0 Å². The highest BCUT2D eigenvalue weighted by Crippen LogP contribution is 2.66. The summed E-state index contributed by atoms with van der Waals surface area (Å²) in [4.78, 5) is 18.5. The monoisotopic (exact) mass is 418 g/mol. The van der Waals surface area contributed by atoms with E-state index >= 15 is 0 Å². The fourth-order valence-corrected chi connectivity index (χ4v) is 8.01. The lowest BCUT2D eigenvalue weighted by Gasteiger charge is -2.62. The molecule has 30 heavy (non-hydrogen) atoms. The largest absolute Gasteiger partial charge is 0.393 e. The van der Waals surface area contributed by atoms with Crippen LogP contribution in [-0.2, 0) is 9.63 Å². The molecule has 4 aliphatic rings. The Morgan fingerprint density at radius 2 is 1.93 bits per heavy atom. The maximum atomic E-state index is 12.7. The minimum Gasteiger partial charge on any atom is -0.393 e. The van der Waals surface area contributed by atoms with E-state index < -0.39 is 5.60 Å². The summed E-state index contributed by atoms with van der Waals surface area (Å²) in [6, 6.07) is 0. The van der Waals surface area contributed by atoms with E-state index in [0.29, 0.717) is 30.1 Å². The van der Waals surface area contributed by atoms with Crippen LogP contribution in [0.4, 0.5) is 0 Å². The summed E-state index contributed by atoms with van der Waals surface area (Å²) in [7, 11) is 0. The minimum absolute atomic E-state index is 0.110. The molecule has 170 valence electrons. The second kappa shape index (κ2) is 7.58. The lowest BCUT2D eigenvalue weighted by Crippen LogP contribution is -2.60. The van der Waals surface area contributed by atoms with Crippen molar-refractivity contribution in [1.29, 1.82) is 0 Å². The number of hydrogen-bond donors (Lipinski definition) is 2. The molecule has 0 radical (unpaired) electrons. The van der Waals surface area contributed by atoms with Crippen LogP contribution in [0.5, 0.6) is 0 Å². The quantitative estimate of drug-likeness (QED) is 0.666. The highest BCUT2D eigenvalue weighted by molar-refractivity contribution is 5.88. The molecule has 4 saturated carbocycles. The lowest BCUT2D eigenvalue weighted by atomic mass is 9.43. The third-order valence-corrected chi connectivity index (χ3v) is 9.81. The van der Waals surface area contributed by atoms with Crippen molar-refractivity contribution in [2.75, 3.05) is 6.54 Å². The van der Waals surface area contributed by atoms with Crippen LogP contribution in [0.15, 0.2) is 5.16 Å². The molecule has 0 aliphatic heterocycles. The molecule has 0 aromatic rings. The van der Waals surface area contributed by atoms with Crippen LogP contribution in [0.2, 0.25) is 0 Å². The van der Waals surface area contributed by atoms with Crippen molar-refractivity contribution in [2.45, 2.75) is 97.7 Å². The number of fused-ring (bicyclic) bond motifs is 5. The molecule has 8 atom stereocenters. The van der Waals surface area contributed by atoms with Crippen LogP contribution in [0, 0.1) is 40.4 Å². The smallest absolute Gasteiger partial charge is 0.144 e. The van der Waals surface area contributed by atoms with Crippen molar-refractivity contribution < 1.29 is 14.7 Å². The van der Waals surface area contributed by atoms with Crippen LogP contribution >= 0.6 is 0 Å². The van der Waals surface area contributed by atoms with Gasteiger partial charge in [-0.25, -0.2) is 0 Å². The Labute approximate surface area is 182 Å². The molecular formula is C25H42N2O3. The van der Waals surface area contributed by atoms with E-state index in [9.17, 15) is 9.90 Å². The Morgan fingerprint density at radius 3 is 2.60 bits per heavy atom. The van der Waals surface area contributed by atoms with Crippen LogP contribution in [0.25, 0.3) is 0 Å². The van der Waals surface area contributed by atoms with E-state index in [0.717, 1.165) is 57.1 Å². The molecule has 1 unspecified atom stereocenters. The van der Waals surface area contributed by atoms with Crippen LogP contribution in [0.1, 0.15) is 86.0 Å². The average Bonchev–Trinajstić information content (AvgIpc) is 3.01. The van der Waals surface area contributed by atoms with E-state index in [4.69, 9.17) is 10.6 Å². The number of carbonyl (C=O) groups is 1. The fraction of sp³-hybridized carbons (Fsp3) is 0.920. The van der Waals surface area contributed by atoms with Crippen LogP contribution < -0.4 is 5.73 Å². The van der Waals surface area contributed by atoms with E-state index in [-0.39, 0.29) is 28.8 Å². The zero-order chi connectivity index (χ0) is 21.9. The summed E-state index contributed by atoms with van der Waals surface area (Å²) in [5.74, 6) is 2.49. The fourth-order valence-electron chi connectivity index (χ4n) is 8.01. The molecule has 0 spiro atoms. The Balaban J connectivity index is 1.62. The van der Waals surface area contributed by atoms with Gasteiger partial charge < -0.3 is 15.7 Å². The third kappa shape index (κ3) is 3.26. The van der Waals surface area contributed by atoms with Crippen molar-refractivity contribution in [3.63, 3.8) is 0 Å². The van der Waals surface area contributed by atoms with Crippen molar-refractivity contribution in [1.82, 2.24) is 0 Å². The number of hydrogen-bond acceptors (Lipinski definition) is 5. The number of ketones is 1. The number of nitrogens with zero attached hydrogens (tertiary/aromatic N) is 1. The number of nitrogens with two attached hydrogens (primary N) is 1. The van der Waals surface area contributed by atoms with Gasteiger partial charge in [-0.2, -0.15) is 0 Å². The van der Waals surface area contributed by atoms with Crippen molar-refractivity contribution in [3.05, 3.63) is 0 Å². The number of aliphatic hydroxyl groups is 1. The Kier molecular flexibility index (Phi) is 5.63. The highest BCUT2D eigenvalue weighted by Gasteiger charge is 2.63. The van der Waals surface area contributed by atoms with Gasteiger partial charge in [-0.1, -0.05) is 25.9 Å². The standard InChI is InChI=1S/C25H42N2O3/c1-6-15-19(27-30-23(2,3)14-26)10-12-25(5)18-9-11-24(4)17(7-8-21(24)29)16(18)13-20(28)22(15)25/h15-18,20,22,28H,6-14,26H2,1-5H3/b27-19+/t15-,16-,17-,18-,20-,22?,24-,25+/m0/s1. The van der Waals surface area contributed by atoms with Crippen LogP contribution in [0.3, 0.4) is 0 Å². The summed E-state index contributed by atoms with van der Waals surface area (Å²) >= 11 is 0. The number of oxime groups is 1. The number of rotatable bonds is 4. The molecule has 0 heterocycles. The van der Waals surface area contributed by atoms with Gasteiger partial charge >= 0.3 is 0 Å². The van der Waals surface area contributed by atoms with E-state index in [1.54, 1.807) is 0 Å². The van der Waals surface area contributed by atoms with Gasteiger partial charge in [0.05, 0.1) is 11.8 Å².